The lowest BCUT2D eigenvalue weighted by Gasteiger charge is -2.27. The molecule has 0 spiro atoms. The smallest absolute Gasteiger partial charge is 0.363 e. The third-order valence-corrected chi connectivity index (χ3v) is 8.21. The van der Waals surface area contributed by atoms with Crippen LogP contribution in [-0.2, 0) is 50.6 Å². The number of amides is 3. The molecule has 0 aliphatic carbocycles. The van der Waals surface area contributed by atoms with Crippen LogP contribution in [0.4, 0.5) is 8.78 Å². The summed E-state index contributed by atoms with van der Waals surface area (Å²) in [7, 11) is 0. The number of ether oxygens (including phenoxy) is 2. The Balaban J connectivity index is 1.38. The topological polar surface area (TPSA) is 137 Å². The number of hydrogen-bond acceptors (Lipinski definition) is 9. The van der Waals surface area contributed by atoms with E-state index < -0.39 is 48.2 Å². The monoisotopic (exact) mass is 682 g/mol. The second-order valence-electron chi connectivity index (χ2n) is 11.8. The quantitative estimate of drug-likeness (QED) is 0.0953. The highest BCUT2D eigenvalue weighted by atomic mass is 19.3. The van der Waals surface area contributed by atoms with Gasteiger partial charge in [-0.25, -0.2) is 4.79 Å². The SMILES string of the molecule is CCOC(=O)CCCCCCN1C(=O)CCC1/C=C/C(OC(=O)Cc1ccc(C(=O)ON2C(=O)CCC2=O)cc1)C(F)(F)c1ccccc1. The number of hydroxylamine groups is 2. The van der Waals surface area contributed by atoms with Crippen molar-refractivity contribution in [2.24, 2.45) is 0 Å². The first kappa shape index (κ1) is 36.9. The van der Waals surface area contributed by atoms with Crippen molar-refractivity contribution < 1.29 is 51.9 Å². The lowest BCUT2D eigenvalue weighted by Crippen LogP contribution is -2.36. The number of benzene rings is 2. The maximum atomic E-state index is 15.8. The predicted molar refractivity (Wildman–Crippen MR) is 170 cm³/mol. The molecule has 0 radical (unpaired) electrons. The lowest BCUT2D eigenvalue weighted by molar-refractivity contribution is -0.172. The fourth-order valence-corrected chi connectivity index (χ4v) is 5.57. The minimum atomic E-state index is -3.60. The first-order chi connectivity index (χ1) is 23.5. The molecule has 13 heteroatoms. The zero-order chi connectivity index (χ0) is 35.4. The van der Waals surface area contributed by atoms with Gasteiger partial charge in [-0.1, -0.05) is 61.4 Å². The third kappa shape index (κ3) is 10.3. The van der Waals surface area contributed by atoms with Crippen molar-refractivity contribution in [3.63, 3.8) is 0 Å². The van der Waals surface area contributed by atoms with Crippen molar-refractivity contribution in [3.05, 3.63) is 83.4 Å². The Morgan fingerprint density at radius 1 is 0.878 bits per heavy atom. The summed E-state index contributed by atoms with van der Waals surface area (Å²) < 4.78 is 41.9. The van der Waals surface area contributed by atoms with Crippen molar-refractivity contribution >= 4 is 35.6 Å². The largest absolute Gasteiger partial charge is 0.466 e. The zero-order valence-corrected chi connectivity index (χ0v) is 27.3. The van der Waals surface area contributed by atoms with Crippen LogP contribution in [-0.4, -0.2) is 70.9 Å². The molecule has 49 heavy (non-hydrogen) atoms. The minimum Gasteiger partial charge on any atom is -0.466 e. The maximum Gasteiger partial charge on any atom is 0.363 e. The molecule has 2 aromatic carbocycles. The standard InChI is InChI=1S/C36H40F2N2O9/c1-2-47-33(44)12-8-3-4-9-23-39-28(18-20-30(39)41)17-19-29(36(37,38)27-10-6-5-7-11-27)48-34(45)24-25-13-15-26(16-14-25)35(46)49-40-31(42)21-22-32(40)43/h5-7,10-11,13-17,19,28-29H,2-4,8-9,12,18,20-24H2,1H3/b19-17+. The van der Waals surface area contributed by atoms with Gasteiger partial charge in [-0.05, 0) is 50.0 Å². The molecule has 0 N–H and O–H groups in total. The summed E-state index contributed by atoms with van der Waals surface area (Å²) in [6, 6.07) is 12.0. The number of carbonyl (C=O) groups is 6. The molecule has 2 aliphatic heterocycles. The zero-order valence-electron chi connectivity index (χ0n) is 27.3. The number of carbonyl (C=O) groups excluding carboxylic acids is 6. The van der Waals surface area contributed by atoms with Gasteiger partial charge in [-0.2, -0.15) is 8.78 Å². The molecule has 4 rings (SSSR count). The molecule has 0 aromatic heterocycles. The lowest BCUT2D eigenvalue weighted by atomic mass is 10.0. The number of esters is 2. The first-order valence-corrected chi connectivity index (χ1v) is 16.4. The number of unbranched alkanes of at least 4 members (excludes halogenated alkanes) is 3. The van der Waals surface area contributed by atoms with Crippen LogP contribution < -0.4 is 0 Å². The van der Waals surface area contributed by atoms with Crippen LogP contribution in [0.15, 0.2) is 66.7 Å². The van der Waals surface area contributed by atoms with E-state index in [-0.39, 0.29) is 42.3 Å². The fourth-order valence-electron chi connectivity index (χ4n) is 5.57. The van der Waals surface area contributed by atoms with Crippen molar-refractivity contribution in [1.29, 1.82) is 0 Å². The Morgan fingerprint density at radius 2 is 1.55 bits per heavy atom. The molecule has 2 heterocycles. The average Bonchev–Trinajstić information content (AvgIpc) is 3.60. The third-order valence-electron chi connectivity index (χ3n) is 8.21. The van der Waals surface area contributed by atoms with Gasteiger partial charge in [-0.3, -0.25) is 24.0 Å². The predicted octanol–water partition coefficient (Wildman–Crippen LogP) is 5.21. The molecule has 262 valence electrons. The number of nitrogens with zero attached hydrogens (tertiary/aromatic N) is 2. The van der Waals surface area contributed by atoms with Gasteiger partial charge < -0.3 is 19.2 Å². The summed E-state index contributed by atoms with van der Waals surface area (Å²) in [6.07, 6.45) is 4.14. The highest BCUT2D eigenvalue weighted by molar-refractivity contribution is 6.02. The van der Waals surface area contributed by atoms with Gasteiger partial charge in [-0.15, -0.1) is 5.06 Å². The van der Waals surface area contributed by atoms with Crippen molar-refractivity contribution in [2.75, 3.05) is 13.2 Å². The van der Waals surface area contributed by atoms with E-state index in [1.165, 1.54) is 54.6 Å². The Morgan fingerprint density at radius 3 is 2.22 bits per heavy atom. The second kappa shape index (κ2) is 17.5. The van der Waals surface area contributed by atoms with Crippen LogP contribution in [0.25, 0.3) is 0 Å². The van der Waals surface area contributed by atoms with Gasteiger partial charge in [0.15, 0.2) is 6.10 Å². The Bertz CT molecular complexity index is 1510. The maximum absolute atomic E-state index is 15.8. The minimum absolute atomic E-state index is 0.00776. The van der Waals surface area contributed by atoms with E-state index in [9.17, 15) is 28.8 Å². The van der Waals surface area contributed by atoms with Crippen molar-refractivity contribution in [1.82, 2.24) is 9.96 Å². The Hall–Kier alpha value is -4.94. The van der Waals surface area contributed by atoms with Crippen LogP contribution in [0, 0.1) is 0 Å². The van der Waals surface area contributed by atoms with Crippen LogP contribution in [0.2, 0.25) is 0 Å². The van der Waals surface area contributed by atoms with Gasteiger partial charge in [0.05, 0.1) is 24.6 Å². The van der Waals surface area contributed by atoms with E-state index in [0.29, 0.717) is 49.5 Å². The van der Waals surface area contributed by atoms with Crippen molar-refractivity contribution in [2.45, 2.75) is 89.2 Å². The first-order valence-electron chi connectivity index (χ1n) is 16.4. The van der Waals surface area contributed by atoms with E-state index in [0.717, 1.165) is 18.9 Å². The highest BCUT2D eigenvalue weighted by Crippen LogP contribution is 2.35. The van der Waals surface area contributed by atoms with Gasteiger partial charge in [0.2, 0.25) is 5.91 Å². The van der Waals surface area contributed by atoms with Crippen LogP contribution >= 0.6 is 0 Å². The highest BCUT2D eigenvalue weighted by Gasteiger charge is 2.43. The molecule has 0 saturated carbocycles. The van der Waals surface area contributed by atoms with E-state index in [1.54, 1.807) is 17.9 Å². The Kier molecular flexibility index (Phi) is 13.1. The number of likely N-dealkylation sites (tertiary alicyclic amines) is 1. The summed E-state index contributed by atoms with van der Waals surface area (Å²) in [4.78, 5) is 79.5. The molecule has 2 aliphatic rings. The van der Waals surface area contributed by atoms with E-state index in [2.05, 4.69) is 0 Å². The molecule has 11 nitrogen and oxygen atoms in total. The number of rotatable bonds is 17. The summed E-state index contributed by atoms with van der Waals surface area (Å²) in [5, 5.41) is 0.422. The Labute approximate surface area is 283 Å². The molecule has 3 amide bonds. The number of imide groups is 1. The van der Waals surface area contributed by atoms with Gasteiger partial charge in [0.1, 0.15) is 0 Å². The summed E-state index contributed by atoms with van der Waals surface area (Å²) in [6.45, 7) is 2.52. The molecular weight excluding hydrogens is 642 g/mol. The van der Waals surface area contributed by atoms with Crippen LogP contribution in [0.5, 0.6) is 0 Å². The summed E-state index contributed by atoms with van der Waals surface area (Å²) >= 11 is 0. The molecule has 2 saturated heterocycles. The normalized spacial score (nSPS) is 17.1. The molecule has 2 unspecified atom stereocenters. The molecule has 2 fully saturated rings. The number of hydrogen-bond donors (Lipinski definition) is 0. The van der Waals surface area contributed by atoms with Crippen LogP contribution in [0.3, 0.4) is 0 Å². The van der Waals surface area contributed by atoms with E-state index in [1.807, 2.05) is 0 Å². The average molecular weight is 683 g/mol. The van der Waals surface area contributed by atoms with E-state index >= 15 is 8.78 Å². The van der Waals surface area contributed by atoms with E-state index in [4.69, 9.17) is 14.3 Å². The van der Waals surface area contributed by atoms with Gasteiger partial charge in [0, 0.05) is 37.8 Å². The summed E-state index contributed by atoms with van der Waals surface area (Å²) in [5.41, 5.74) is 0.0151. The molecule has 2 aromatic rings. The number of halogens is 2. The number of alkyl halides is 2. The fraction of sp³-hybridized carbons (Fsp3) is 0.444. The second-order valence-corrected chi connectivity index (χ2v) is 11.8. The molecule has 2 atom stereocenters. The van der Waals surface area contributed by atoms with Crippen LogP contribution in [0.1, 0.15) is 86.2 Å². The molecular formula is C36H40F2N2O9. The van der Waals surface area contributed by atoms with Crippen molar-refractivity contribution in [3.8, 4) is 0 Å². The van der Waals surface area contributed by atoms with Gasteiger partial charge in [0.25, 0.3) is 11.8 Å². The van der Waals surface area contributed by atoms with Gasteiger partial charge >= 0.3 is 23.8 Å². The molecule has 0 bridgehead atoms. The summed E-state index contributed by atoms with van der Waals surface area (Å²) in [5.74, 6) is -7.07.